The lowest BCUT2D eigenvalue weighted by Crippen LogP contribution is -2.23. The number of thiazole rings is 1. The van der Waals surface area contributed by atoms with Crippen LogP contribution in [0.25, 0.3) is 0 Å². The van der Waals surface area contributed by atoms with Gasteiger partial charge in [-0.05, 0) is 55.3 Å². The van der Waals surface area contributed by atoms with Crippen molar-refractivity contribution in [1.82, 2.24) is 4.98 Å². The average molecular weight is 457 g/mol. The van der Waals surface area contributed by atoms with Gasteiger partial charge in [0.05, 0.1) is 11.4 Å². The SMILES string of the molecule is CC(=O)N(c1nc(COc2ccc(C(=O)c3ccccc3)cc2)cs1)c1cccc(C)c1C. The summed E-state index contributed by atoms with van der Waals surface area (Å²) in [5.74, 6) is 0.526. The van der Waals surface area contributed by atoms with Gasteiger partial charge in [-0.25, -0.2) is 4.98 Å². The van der Waals surface area contributed by atoms with Gasteiger partial charge < -0.3 is 4.74 Å². The maximum absolute atomic E-state index is 12.5. The number of nitrogens with zero attached hydrogens (tertiary/aromatic N) is 2. The second kappa shape index (κ2) is 9.79. The fourth-order valence-electron chi connectivity index (χ4n) is 3.47. The smallest absolute Gasteiger partial charge is 0.230 e. The molecule has 3 aromatic carbocycles. The van der Waals surface area contributed by atoms with Gasteiger partial charge in [-0.1, -0.05) is 42.5 Å². The molecule has 0 bridgehead atoms. The number of carbonyl (C=O) groups excluding carboxylic acids is 2. The van der Waals surface area contributed by atoms with Crippen molar-refractivity contribution in [2.24, 2.45) is 0 Å². The zero-order valence-electron chi connectivity index (χ0n) is 18.7. The minimum absolute atomic E-state index is 0.0259. The molecule has 166 valence electrons. The molecular formula is C27H24N2O3S. The Labute approximate surface area is 197 Å². The molecule has 0 N–H and O–H groups in total. The molecule has 0 unspecified atom stereocenters. The Kier molecular flexibility index (Phi) is 6.66. The second-order valence-electron chi connectivity index (χ2n) is 7.70. The topological polar surface area (TPSA) is 59.5 Å². The molecule has 0 spiro atoms. The maximum atomic E-state index is 12.5. The molecule has 0 saturated heterocycles. The van der Waals surface area contributed by atoms with Crippen LogP contribution in [-0.4, -0.2) is 16.7 Å². The minimum Gasteiger partial charge on any atom is -0.487 e. The van der Waals surface area contributed by atoms with E-state index in [9.17, 15) is 9.59 Å². The monoisotopic (exact) mass is 456 g/mol. The largest absolute Gasteiger partial charge is 0.487 e. The molecule has 5 nitrogen and oxygen atoms in total. The van der Waals surface area contributed by atoms with E-state index in [1.54, 1.807) is 41.3 Å². The minimum atomic E-state index is -0.0933. The van der Waals surface area contributed by atoms with E-state index in [2.05, 4.69) is 4.98 Å². The van der Waals surface area contributed by atoms with E-state index < -0.39 is 0 Å². The molecular weight excluding hydrogens is 432 g/mol. The maximum Gasteiger partial charge on any atom is 0.230 e. The van der Waals surface area contributed by atoms with Crippen LogP contribution in [0.5, 0.6) is 5.75 Å². The number of ketones is 1. The van der Waals surface area contributed by atoms with Crippen molar-refractivity contribution >= 4 is 33.8 Å². The van der Waals surface area contributed by atoms with Gasteiger partial charge in [0.2, 0.25) is 5.91 Å². The fourth-order valence-corrected chi connectivity index (χ4v) is 4.33. The van der Waals surface area contributed by atoms with Crippen molar-refractivity contribution < 1.29 is 14.3 Å². The van der Waals surface area contributed by atoms with Crippen LogP contribution in [0.1, 0.15) is 39.7 Å². The summed E-state index contributed by atoms with van der Waals surface area (Å²) in [5.41, 5.74) is 4.99. The standard InChI is InChI=1S/C27H24N2O3S/c1-18-8-7-11-25(19(18)2)29(20(3)30)27-28-23(17-33-27)16-32-24-14-12-22(13-15-24)26(31)21-9-5-4-6-10-21/h4-15,17H,16H2,1-3H3. The van der Waals surface area contributed by atoms with E-state index >= 15 is 0 Å². The lowest BCUT2D eigenvalue weighted by atomic mass is 10.0. The van der Waals surface area contributed by atoms with Crippen LogP contribution in [0, 0.1) is 13.8 Å². The van der Waals surface area contributed by atoms with Crippen molar-refractivity contribution in [3.63, 3.8) is 0 Å². The van der Waals surface area contributed by atoms with Crippen molar-refractivity contribution in [2.45, 2.75) is 27.4 Å². The highest BCUT2D eigenvalue weighted by atomic mass is 32.1. The summed E-state index contributed by atoms with van der Waals surface area (Å²) in [5, 5.41) is 2.50. The molecule has 0 aliphatic rings. The molecule has 1 heterocycles. The highest BCUT2D eigenvalue weighted by molar-refractivity contribution is 7.14. The van der Waals surface area contributed by atoms with E-state index in [4.69, 9.17) is 4.74 Å². The molecule has 0 aliphatic heterocycles. The van der Waals surface area contributed by atoms with E-state index in [1.807, 2.05) is 55.6 Å². The van der Waals surface area contributed by atoms with Gasteiger partial charge in [-0.15, -0.1) is 11.3 Å². The molecule has 4 rings (SSSR count). The molecule has 6 heteroatoms. The Balaban J connectivity index is 1.45. The molecule has 0 aliphatic carbocycles. The van der Waals surface area contributed by atoms with Crippen LogP contribution in [-0.2, 0) is 11.4 Å². The third-order valence-electron chi connectivity index (χ3n) is 5.40. The second-order valence-corrected chi connectivity index (χ2v) is 8.54. The van der Waals surface area contributed by atoms with Gasteiger partial charge in [0.25, 0.3) is 0 Å². The fraction of sp³-hybridized carbons (Fsp3) is 0.148. The quantitative estimate of drug-likeness (QED) is 0.308. The summed E-state index contributed by atoms with van der Waals surface area (Å²) in [6, 6.07) is 22.2. The third kappa shape index (κ3) is 5.02. The molecule has 0 radical (unpaired) electrons. The first kappa shape index (κ1) is 22.4. The Hall–Kier alpha value is -3.77. The molecule has 33 heavy (non-hydrogen) atoms. The number of aryl methyl sites for hydroxylation is 1. The summed E-state index contributed by atoms with van der Waals surface area (Å²) >= 11 is 1.40. The molecule has 1 aromatic heterocycles. The predicted octanol–water partition coefficient (Wildman–Crippen LogP) is 6.25. The van der Waals surface area contributed by atoms with Crippen molar-refractivity contribution in [3.05, 3.63) is 106 Å². The number of anilines is 2. The molecule has 0 fully saturated rings. The number of benzene rings is 3. The van der Waals surface area contributed by atoms with Gasteiger partial charge in [0.15, 0.2) is 10.9 Å². The molecule has 0 atom stereocenters. The van der Waals surface area contributed by atoms with E-state index in [0.29, 0.717) is 22.0 Å². The lowest BCUT2D eigenvalue weighted by Gasteiger charge is -2.21. The van der Waals surface area contributed by atoms with Crippen LogP contribution in [0.3, 0.4) is 0 Å². The number of ether oxygens (including phenoxy) is 1. The number of hydrogen-bond donors (Lipinski definition) is 0. The van der Waals surface area contributed by atoms with Crippen molar-refractivity contribution in [1.29, 1.82) is 0 Å². The van der Waals surface area contributed by atoms with Gasteiger partial charge in [0, 0.05) is 23.4 Å². The summed E-state index contributed by atoms with van der Waals surface area (Å²) in [6.07, 6.45) is 0. The van der Waals surface area contributed by atoms with Crippen molar-refractivity contribution in [2.75, 3.05) is 4.90 Å². The van der Waals surface area contributed by atoms with Crippen molar-refractivity contribution in [3.8, 4) is 5.75 Å². The first-order valence-electron chi connectivity index (χ1n) is 10.6. The van der Waals surface area contributed by atoms with Gasteiger partial charge >= 0.3 is 0 Å². The summed E-state index contributed by atoms with van der Waals surface area (Å²) in [7, 11) is 0. The van der Waals surface area contributed by atoms with Crippen LogP contribution in [0.2, 0.25) is 0 Å². The number of aromatic nitrogens is 1. The Bertz CT molecular complexity index is 1280. The zero-order valence-corrected chi connectivity index (χ0v) is 19.6. The highest BCUT2D eigenvalue weighted by Crippen LogP contribution is 2.32. The van der Waals surface area contributed by atoms with Crippen LogP contribution in [0.15, 0.2) is 78.2 Å². The number of rotatable bonds is 7. The zero-order chi connectivity index (χ0) is 23.4. The van der Waals surface area contributed by atoms with Crippen LogP contribution < -0.4 is 9.64 Å². The Morgan fingerprint density at radius 3 is 2.30 bits per heavy atom. The van der Waals surface area contributed by atoms with E-state index in [1.165, 1.54) is 18.3 Å². The average Bonchev–Trinajstić information content (AvgIpc) is 3.29. The summed E-state index contributed by atoms with van der Waals surface area (Å²) in [4.78, 5) is 31.2. The molecule has 0 saturated carbocycles. The number of amides is 1. The Morgan fingerprint density at radius 2 is 1.61 bits per heavy atom. The first-order valence-corrected chi connectivity index (χ1v) is 11.5. The normalized spacial score (nSPS) is 10.6. The van der Waals surface area contributed by atoms with Crippen LogP contribution in [0.4, 0.5) is 10.8 Å². The summed E-state index contributed by atoms with van der Waals surface area (Å²) < 4.78 is 5.86. The number of carbonyl (C=O) groups is 2. The lowest BCUT2D eigenvalue weighted by molar-refractivity contribution is -0.115. The van der Waals surface area contributed by atoms with Gasteiger partial charge in [-0.3, -0.25) is 14.5 Å². The summed E-state index contributed by atoms with van der Waals surface area (Å²) in [6.45, 7) is 5.83. The first-order chi connectivity index (χ1) is 15.9. The third-order valence-corrected chi connectivity index (χ3v) is 6.28. The van der Waals surface area contributed by atoms with E-state index in [0.717, 1.165) is 22.5 Å². The van der Waals surface area contributed by atoms with Gasteiger partial charge in [0.1, 0.15) is 12.4 Å². The van der Waals surface area contributed by atoms with E-state index in [-0.39, 0.29) is 18.3 Å². The van der Waals surface area contributed by atoms with Crippen LogP contribution >= 0.6 is 11.3 Å². The predicted molar refractivity (Wildman–Crippen MR) is 131 cm³/mol. The van der Waals surface area contributed by atoms with Gasteiger partial charge in [-0.2, -0.15) is 0 Å². The number of hydrogen-bond acceptors (Lipinski definition) is 5. The highest BCUT2D eigenvalue weighted by Gasteiger charge is 2.20. The molecule has 4 aromatic rings. The molecule has 1 amide bonds. The Morgan fingerprint density at radius 1 is 0.909 bits per heavy atom.